The second-order valence-corrected chi connectivity index (χ2v) is 4.74. The molecule has 17 heavy (non-hydrogen) atoms. The number of hydrogen-bond donors (Lipinski definition) is 0. The lowest BCUT2D eigenvalue weighted by molar-refractivity contribution is 0.879. The molecule has 0 amide bonds. The van der Waals surface area contributed by atoms with Crippen LogP contribution in [-0.2, 0) is 6.42 Å². The zero-order valence-corrected chi connectivity index (χ0v) is 10.6. The first-order valence-corrected chi connectivity index (χ1v) is 6.46. The minimum atomic E-state index is 0.708. The average molecular weight is 242 g/mol. The summed E-state index contributed by atoms with van der Waals surface area (Å²) in [7, 11) is 2.08. The van der Waals surface area contributed by atoms with Gasteiger partial charge >= 0.3 is 0 Å². The van der Waals surface area contributed by atoms with E-state index in [1.165, 1.54) is 5.56 Å². The van der Waals surface area contributed by atoms with Crippen molar-refractivity contribution in [3.05, 3.63) is 52.2 Å². The molecule has 1 aromatic heterocycles. The van der Waals surface area contributed by atoms with E-state index < -0.39 is 0 Å². The van der Waals surface area contributed by atoms with E-state index in [0.717, 1.165) is 18.7 Å². The molecule has 0 aliphatic rings. The topological polar surface area (TPSA) is 27.0 Å². The quantitative estimate of drug-likeness (QED) is 0.822. The van der Waals surface area contributed by atoms with Crippen LogP contribution in [0.25, 0.3) is 0 Å². The minimum Gasteiger partial charge on any atom is -0.374 e. The van der Waals surface area contributed by atoms with Crippen LogP contribution in [0.3, 0.4) is 0 Å². The summed E-state index contributed by atoms with van der Waals surface area (Å²) in [4.78, 5) is 2.21. The van der Waals surface area contributed by atoms with Crippen molar-refractivity contribution in [3.63, 3.8) is 0 Å². The van der Waals surface area contributed by atoms with Crippen LogP contribution in [0.15, 0.2) is 41.1 Å². The molecule has 0 N–H and O–H groups in total. The Hall–Kier alpha value is -1.79. The van der Waals surface area contributed by atoms with Crippen molar-refractivity contribution in [1.82, 2.24) is 0 Å². The molecule has 1 heterocycles. The van der Waals surface area contributed by atoms with E-state index in [2.05, 4.69) is 34.8 Å². The number of thiophene rings is 1. The molecule has 0 bridgehead atoms. The molecule has 0 radical (unpaired) electrons. The maximum absolute atomic E-state index is 8.73. The molecule has 2 aromatic rings. The van der Waals surface area contributed by atoms with Crippen molar-refractivity contribution in [2.75, 3.05) is 18.5 Å². The molecular weight excluding hydrogens is 228 g/mol. The second-order valence-electron chi connectivity index (χ2n) is 3.96. The lowest BCUT2D eigenvalue weighted by Crippen LogP contribution is -2.19. The second kappa shape index (κ2) is 5.51. The van der Waals surface area contributed by atoms with Crippen molar-refractivity contribution in [2.24, 2.45) is 0 Å². The fraction of sp³-hybridized carbons (Fsp3) is 0.214. The number of hydrogen-bond acceptors (Lipinski definition) is 3. The van der Waals surface area contributed by atoms with Gasteiger partial charge in [-0.2, -0.15) is 16.6 Å². The lowest BCUT2D eigenvalue weighted by atomic mass is 10.2. The van der Waals surface area contributed by atoms with Gasteiger partial charge in [-0.25, -0.2) is 0 Å². The van der Waals surface area contributed by atoms with E-state index in [4.69, 9.17) is 5.26 Å². The van der Waals surface area contributed by atoms with Gasteiger partial charge in [-0.15, -0.1) is 0 Å². The van der Waals surface area contributed by atoms with Gasteiger partial charge in [0, 0.05) is 19.3 Å². The number of anilines is 1. The van der Waals surface area contributed by atoms with Gasteiger partial charge in [0.15, 0.2) is 0 Å². The Balaban J connectivity index is 1.95. The van der Waals surface area contributed by atoms with Crippen LogP contribution in [0.5, 0.6) is 0 Å². The number of likely N-dealkylation sites (N-methyl/N-ethyl adjacent to an activating group) is 1. The normalized spacial score (nSPS) is 9.88. The average Bonchev–Trinajstić information content (AvgIpc) is 2.89. The van der Waals surface area contributed by atoms with Crippen molar-refractivity contribution in [1.29, 1.82) is 5.26 Å². The van der Waals surface area contributed by atoms with Crippen LogP contribution < -0.4 is 4.90 Å². The third-order valence-corrected chi connectivity index (χ3v) is 3.49. The van der Waals surface area contributed by atoms with Gasteiger partial charge in [0.2, 0.25) is 0 Å². The predicted molar refractivity (Wildman–Crippen MR) is 72.5 cm³/mol. The standard InChI is InChI=1S/C14H14N2S/c1-16(8-6-13-7-9-17-11-13)14-4-2-12(10-15)3-5-14/h2-5,7,9,11H,6,8H2,1H3. The van der Waals surface area contributed by atoms with E-state index in [-0.39, 0.29) is 0 Å². The van der Waals surface area contributed by atoms with Gasteiger partial charge in [-0.3, -0.25) is 0 Å². The van der Waals surface area contributed by atoms with Crippen LogP contribution in [0, 0.1) is 11.3 Å². The number of nitriles is 1. The van der Waals surface area contributed by atoms with Gasteiger partial charge in [0.05, 0.1) is 11.6 Å². The predicted octanol–water partition coefficient (Wildman–Crippen LogP) is 3.30. The highest BCUT2D eigenvalue weighted by atomic mass is 32.1. The van der Waals surface area contributed by atoms with Gasteiger partial charge in [0.1, 0.15) is 0 Å². The van der Waals surface area contributed by atoms with Crippen molar-refractivity contribution in [2.45, 2.75) is 6.42 Å². The Labute approximate surface area is 106 Å². The summed E-state index contributed by atoms with van der Waals surface area (Å²) in [6.45, 7) is 0.989. The summed E-state index contributed by atoms with van der Waals surface area (Å²) in [6.07, 6.45) is 1.06. The largest absolute Gasteiger partial charge is 0.374 e. The molecule has 0 aliphatic carbocycles. The van der Waals surface area contributed by atoms with Gasteiger partial charge in [-0.05, 0) is 53.1 Å². The maximum Gasteiger partial charge on any atom is 0.0991 e. The van der Waals surface area contributed by atoms with Crippen molar-refractivity contribution in [3.8, 4) is 6.07 Å². The minimum absolute atomic E-state index is 0.708. The highest BCUT2D eigenvalue weighted by Gasteiger charge is 2.01. The van der Waals surface area contributed by atoms with Crippen LogP contribution in [0.1, 0.15) is 11.1 Å². The molecule has 2 nitrogen and oxygen atoms in total. The number of nitrogens with zero attached hydrogens (tertiary/aromatic N) is 2. The summed E-state index contributed by atoms with van der Waals surface area (Å²) >= 11 is 1.74. The van der Waals surface area contributed by atoms with Crippen LogP contribution in [-0.4, -0.2) is 13.6 Å². The summed E-state index contributed by atoms with van der Waals surface area (Å²) < 4.78 is 0. The van der Waals surface area contributed by atoms with Gasteiger partial charge in [0.25, 0.3) is 0 Å². The molecule has 0 unspecified atom stereocenters. The first kappa shape index (κ1) is 11.7. The van der Waals surface area contributed by atoms with E-state index >= 15 is 0 Å². The first-order valence-electron chi connectivity index (χ1n) is 5.52. The third-order valence-electron chi connectivity index (χ3n) is 2.75. The monoisotopic (exact) mass is 242 g/mol. The van der Waals surface area contributed by atoms with E-state index in [0.29, 0.717) is 5.56 Å². The van der Waals surface area contributed by atoms with Crippen LogP contribution in [0.4, 0.5) is 5.69 Å². The molecule has 2 rings (SSSR count). The molecule has 0 atom stereocenters. The van der Waals surface area contributed by atoms with Crippen LogP contribution in [0.2, 0.25) is 0 Å². The molecule has 0 fully saturated rings. The molecule has 0 saturated heterocycles. The summed E-state index contributed by atoms with van der Waals surface area (Å²) in [6, 6.07) is 12.0. The fourth-order valence-electron chi connectivity index (χ4n) is 1.65. The van der Waals surface area contributed by atoms with Gasteiger partial charge < -0.3 is 4.90 Å². The van der Waals surface area contributed by atoms with Crippen molar-refractivity contribution < 1.29 is 0 Å². The molecule has 3 heteroatoms. The summed E-state index contributed by atoms with van der Waals surface area (Å²) in [5, 5.41) is 13.0. The van der Waals surface area contributed by atoms with Crippen molar-refractivity contribution >= 4 is 17.0 Å². The molecule has 1 aromatic carbocycles. The third kappa shape index (κ3) is 3.08. The Morgan fingerprint density at radius 3 is 2.59 bits per heavy atom. The van der Waals surface area contributed by atoms with E-state index in [9.17, 15) is 0 Å². The van der Waals surface area contributed by atoms with Crippen LogP contribution >= 0.6 is 11.3 Å². The Morgan fingerprint density at radius 1 is 1.24 bits per heavy atom. The maximum atomic E-state index is 8.73. The Kier molecular flexibility index (Phi) is 3.79. The van der Waals surface area contributed by atoms with Gasteiger partial charge in [-0.1, -0.05) is 0 Å². The Bertz CT molecular complexity index is 494. The zero-order valence-electron chi connectivity index (χ0n) is 9.76. The fourth-order valence-corrected chi connectivity index (χ4v) is 2.35. The SMILES string of the molecule is CN(CCc1ccsc1)c1ccc(C#N)cc1. The molecule has 0 spiro atoms. The number of benzene rings is 1. The molecule has 0 aliphatic heterocycles. The smallest absolute Gasteiger partial charge is 0.0991 e. The van der Waals surface area contributed by atoms with E-state index in [1.807, 2.05) is 24.3 Å². The molecule has 0 saturated carbocycles. The zero-order chi connectivity index (χ0) is 12.1. The highest BCUT2D eigenvalue weighted by molar-refractivity contribution is 7.07. The molecule has 86 valence electrons. The first-order chi connectivity index (χ1) is 8.29. The lowest BCUT2D eigenvalue weighted by Gasteiger charge is -2.18. The summed E-state index contributed by atoms with van der Waals surface area (Å²) in [5.74, 6) is 0. The highest BCUT2D eigenvalue weighted by Crippen LogP contribution is 2.14. The number of rotatable bonds is 4. The Morgan fingerprint density at radius 2 is 2.00 bits per heavy atom. The summed E-state index contributed by atoms with van der Waals surface area (Å²) in [5.41, 5.74) is 3.25. The van der Waals surface area contributed by atoms with E-state index in [1.54, 1.807) is 11.3 Å². The molecular formula is C14H14N2S.